The first kappa shape index (κ1) is 6.66. The minimum absolute atomic E-state index is 0.910. The van der Waals surface area contributed by atoms with Crippen molar-refractivity contribution in [2.45, 2.75) is 0 Å². The zero-order valence-corrected chi connectivity index (χ0v) is 7.04. The van der Waals surface area contributed by atoms with Gasteiger partial charge in [-0.05, 0) is 0 Å². The Morgan fingerprint density at radius 3 is 2.67 bits per heavy atom. The van der Waals surface area contributed by atoms with E-state index in [2.05, 4.69) is 16.0 Å². The molecule has 0 heterocycles. The summed E-state index contributed by atoms with van der Waals surface area (Å²) in [5.41, 5.74) is 0. The molecule has 0 saturated carbocycles. The third-order valence-corrected chi connectivity index (χ3v) is 1.64. The van der Waals surface area contributed by atoms with Gasteiger partial charge >= 0.3 is 62.3 Å². The second-order valence-electron chi connectivity index (χ2n) is 1.70. The topological polar surface area (TPSA) is 9.23 Å². The molecule has 9 heavy (non-hydrogen) atoms. The zero-order chi connectivity index (χ0) is 6.69. The second-order valence-corrected chi connectivity index (χ2v) is 2.78. The van der Waals surface area contributed by atoms with Crippen LogP contribution in [0.2, 0.25) is 0 Å². The Balaban J connectivity index is 2.94. The first-order chi connectivity index (χ1) is 4.33. The molecular formula is C7H8OSe. The van der Waals surface area contributed by atoms with Crippen LogP contribution in [0, 0.1) is 0 Å². The van der Waals surface area contributed by atoms with E-state index < -0.39 is 0 Å². The van der Waals surface area contributed by atoms with Crippen LogP contribution in [0.1, 0.15) is 0 Å². The van der Waals surface area contributed by atoms with Crippen LogP contribution in [0.5, 0.6) is 5.75 Å². The van der Waals surface area contributed by atoms with Gasteiger partial charge in [-0.2, -0.15) is 0 Å². The van der Waals surface area contributed by atoms with Gasteiger partial charge in [-0.3, -0.25) is 0 Å². The summed E-state index contributed by atoms with van der Waals surface area (Å²) in [5.74, 6) is 0.910. The predicted octanol–water partition coefficient (Wildman–Crippen LogP) is 0.221. The van der Waals surface area contributed by atoms with E-state index in [1.54, 1.807) is 7.11 Å². The average molecular weight is 187 g/mol. The van der Waals surface area contributed by atoms with Crippen LogP contribution in [-0.2, 0) is 0 Å². The number of hydrogen-bond acceptors (Lipinski definition) is 1. The zero-order valence-electron chi connectivity index (χ0n) is 5.16. The van der Waals surface area contributed by atoms with Crippen molar-refractivity contribution in [2.24, 2.45) is 0 Å². The number of benzene rings is 1. The van der Waals surface area contributed by atoms with E-state index in [1.807, 2.05) is 24.3 Å². The van der Waals surface area contributed by atoms with Crippen molar-refractivity contribution < 1.29 is 4.74 Å². The molecule has 0 spiro atoms. The summed E-state index contributed by atoms with van der Waals surface area (Å²) < 4.78 is 6.15. The normalized spacial score (nSPS) is 9.11. The summed E-state index contributed by atoms with van der Waals surface area (Å²) in [4.78, 5) is 0. The Labute approximate surface area is 62.8 Å². The van der Waals surface area contributed by atoms with Crippen LogP contribution in [0.25, 0.3) is 0 Å². The first-order valence-electron chi connectivity index (χ1n) is 2.66. The molecular weight excluding hydrogens is 179 g/mol. The molecule has 1 nitrogen and oxygen atoms in total. The standard InChI is InChI=1S/C7H8OSe/c1-8-6-3-2-4-7(9)5-6/h2-5,9H,1H3. The molecule has 0 aliphatic rings. The molecule has 0 aliphatic heterocycles. The van der Waals surface area contributed by atoms with E-state index in [4.69, 9.17) is 4.74 Å². The third-order valence-electron chi connectivity index (χ3n) is 1.05. The van der Waals surface area contributed by atoms with Gasteiger partial charge in [-0.15, -0.1) is 0 Å². The van der Waals surface area contributed by atoms with Crippen molar-refractivity contribution in [3.8, 4) is 5.75 Å². The Bertz CT molecular complexity index is 198. The monoisotopic (exact) mass is 188 g/mol. The summed E-state index contributed by atoms with van der Waals surface area (Å²) in [6.07, 6.45) is 0. The summed E-state index contributed by atoms with van der Waals surface area (Å²) in [6.45, 7) is 0. The van der Waals surface area contributed by atoms with Crippen LogP contribution in [0.4, 0.5) is 0 Å². The van der Waals surface area contributed by atoms with Crippen molar-refractivity contribution in [2.75, 3.05) is 7.11 Å². The fourth-order valence-electron chi connectivity index (χ4n) is 0.610. The quantitative estimate of drug-likeness (QED) is 0.571. The fraction of sp³-hybridized carbons (Fsp3) is 0.143. The minimum atomic E-state index is 0.910. The van der Waals surface area contributed by atoms with Gasteiger partial charge in [0.25, 0.3) is 0 Å². The van der Waals surface area contributed by atoms with E-state index in [1.165, 1.54) is 4.46 Å². The number of hydrogen-bond donors (Lipinski definition) is 0. The Kier molecular flexibility index (Phi) is 2.15. The van der Waals surface area contributed by atoms with E-state index in [0.29, 0.717) is 0 Å². The molecule has 0 aromatic heterocycles. The van der Waals surface area contributed by atoms with Crippen LogP contribution in [0.3, 0.4) is 0 Å². The van der Waals surface area contributed by atoms with Gasteiger partial charge in [0.1, 0.15) is 0 Å². The van der Waals surface area contributed by atoms with Crippen LogP contribution in [0.15, 0.2) is 24.3 Å². The second kappa shape index (κ2) is 2.90. The van der Waals surface area contributed by atoms with Gasteiger partial charge in [0, 0.05) is 0 Å². The fourth-order valence-corrected chi connectivity index (χ4v) is 1.06. The van der Waals surface area contributed by atoms with E-state index in [0.717, 1.165) is 5.75 Å². The van der Waals surface area contributed by atoms with Crippen LogP contribution in [-0.4, -0.2) is 23.1 Å². The van der Waals surface area contributed by atoms with Crippen LogP contribution >= 0.6 is 0 Å². The molecule has 2 heteroatoms. The Morgan fingerprint density at radius 1 is 1.44 bits per heavy atom. The van der Waals surface area contributed by atoms with Gasteiger partial charge in [0.2, 0.25) is 0 Å². The number of methoxy groups -OCH3 is 1. The van der Waals surface area contributed by atoms with Crippen molar-refractivity contribution in [1.29, 1.82) is 0 Å². The van der Waals surface area contributed by atoms with Crippen molar-refractivity contribution in [3.63, 3.8) is 0 Å². The van der Waals surface area contributed by atoms with Crippen molar-refractivity contribution >= 4 is 20.5 Å². The molecule has 0 saturated heterocycles. The van der Waals surface area contributed by atoms with Gasteiger partial charge in [-0.25, -0.2) is 0 Å². The van der Waals surface area contributed by atoms with Gasteiger partial charge in [-0.1, -0.05) is 0 Å². The molecule has 0 unspecified atom stereocenters. The molecule has 1 rings (SSSR count). The van der Waals surface area contributed by atoms with Gasteiger partial charge in [0.05, 0.1) is 0 Å². The Morgan fingerprint density at radius 2 is 2.22 bits per heavy atom. The predicted molar refractivity (Wildman–Crippen MR) is 39.8 cm³/mol. The SMILES string of the molecule is COc1cccc([SeH])c1. The molecule has 0 aliphatic carbocycles. The third kappa shape index (κ3) is 1.74. The summed E-state index contributed by atoms with van der Waals surface area (Å²) in [6, 6.07) is 7.88. The summed E-state index contributed by atoms with van der Waals surface area (Å²) in [5, 5.41) is 0. The molecule has 0 fully saturated rings. The molecule has 1 aromatic carbocycles. The van der Waals surface area contributed by atoms with Crippen LogP contribution < -0.4 is 9.20 Å². The summed E-state index contributed by atoms with van der Waals surface area (Å²) in [7, 11) is 1.67. The first-order valence-corrected chi connectivity index (χ1v) is 3.60. The molecule has 0 N–H and O–H groups in total. The maximum atomic E-state index is 4.99. The summed E-state index contributed by atoms with van der Waals surface area (Å²) >= 11 is 2.47. The molecule has 0 radical (unpaired) electrons. The molecule has 0 atom stereocenters. The molecule has 48 valence electrons. The maximum absolute atomic E-state index is 4.99. The molecule has 1 aromatic rings. The van der Waals surface area contributed by atoms with E-state index >= 15 is 0 Å². The van der Waals surface area contributed by atoms with Crippen molar-refractivity contribution in [1.82, 2.24) is 0 Å². The molecule has 0 bridgehead atoms. The van der Waals surface area contributed by atoms with Gasteiger partial charge in [0.15, 0.2) is 0 Å². The number of rotatable bonds is 1. The number of ether oxygens (including phenoxy) is 1. The molecule has 0 amide bonds. The van der Waals surface area contributed by atoms with Crippen molar-refractivity contribution in [3.05, 3.63) is 24.3 Å². The Hall–Kier alpha value is -0.461. The van der Waals surface area contributed by atoms with E-state index in [-0.39, 0.29) is 0 Å². The average Bonchev–Trinajstić information content (AvgIpc) is 1.88. The van der Waals surface area contributed by atoms with Gasteiger partial charge < -0.3 is 0 Å². The van der Waals surface area contributed by atoms with E-state index in [9.17, 15) is 0 Å².